The predicted octanol–water partition coefficient (Wildman–Crippen LogP) is 3.66. The van der Waals surface area contributed by atoms with Gasteiger partial charge < -0.3 is 5.11 Å². The normalized spacial score (nSPS) is 16.0. The lowest BCUT2D eigenvalue weighted by Gasteiger charge is -2.18. The van der Waals surface area contributed by atoms with Crippen LogP contribution in [-0.4, -0.2) is 40.9 Å². The molecule has 0 unspecified atom stereocenters. The van der Waals surface area contributed by atoms with Crippen molar-refractivity contribution < 1.29 is 27.4 Å². The van der Waals surface area contributed by atoms with Crippen molar-refractivity contribution in [3.63, 3.8) is 0 Å². The predicted molar refractivity (Wildman–Crippen MR) is 104 cm³/mol. The summed E-state index contributed by atoms with van der Waals surface area (Å²) in [6.07, 6.45) is 0.615. The summed E-state index contributed by atoms with van der Waals surface area (Å²) in [6, 6.07) is 6.98. The van der Waals surface area contributed by atoms with Gasteiger partial charge in [-0.05, 0) is 55.3 Å². The summed E-state index contributed by atoms with van der Waals surface area (Å²) in [5, 5.41) is 10.7. The number of fused-ring (bicyclic) bond motifs is 3. The number of hydrogen-bond acceptors (Lipinski definition) is 3. The molecule has 2 N–H and O–H groups in total. The van der Waals surface area contributed by atoms with Gasteiger partial charge in [0, 0.05) is 25.0 Å². The second-order valence-corrected chi connectivity index (χ2v) is 9.05. The summed E-state index contributed by atoms with van der Waals surface area (Å²) in [4.78, 5) is 10.8. The third-order valence-electron chi connectivity index (χ3n) is 5.59. The molecule has 6 nitrogen and oxygen atoms in total. The van der Waals surface area contributed by atoms with Gasteiger partial charge in [-0.2, -0.15) is 13.0 Å². The largest absolute Gasteiger partial charge is 0.481 e. The molecule has 0 saturated heterocycles. The molecule has 27 heavy (non-hydrogen) atoms. The quantitative estimate of drug-likeness (QED) is 0.600. The van der Waals surface area contributed by atoms with Crippen molar-refractivity contribution in [2.24, 2.45) is 0 Å². The topological polar surface area (TPSA) is 94.7 Å². The van der Waals surface area contributed by atoms with Crippen LogP contribution in [0.2, 0.25) is 0 Å². The summed E-state index contributed by atoms with van der Waals surface area (Å²) < 4.78 is 35.1. The molecule has 144 valence electrons. The Morgan fingerprint density at radius 2 is 1.81 bits per heavy atom. The zero-order valence-electron chi connectivity index (χ0n) is 15.9. The Labute approximate surface area is 158 Å². The van der Waals surface area contributed by atoms with Crippen LogP contribution in [0.15, 0.2) is 29.2 Å². The van der Waals surface area contributed by atoms with Crippen LogP contribution >= 0.6 is 0 Å². The monoisotopic (exact) mass is 390 g/mol. The molecule has 0 spiro atoms. The minimum Gasteiger partial charge on any atom is -0.481 e. The second-order valence-electron chi connectivity index (χ2n) is 7.63. The third kappa shape index (κ3) is 3.26. The van der Waals surface area contributed by atoms with Crippen LogP contribution in [0.1, 0.15) is 44.7 Å². The van der Waals surface area contributed by atoms with E-state index in [9.17, 15) is 17.8 Å². The first kappa shape index (κ1) is 19.5. The van der Waals surface area contributed by atoms with E-state index in [-0.39, 0.29) is 16.7 Å². The number of hydrogen-bond donors (Lipinski definition) is 2. The smallest absolute Gasteiger partial charge is 0.303 e. The number of benzene rings is 2. The zero-order chi connectivity index (χ0) is 20.1. The number of carboxylic acid groups (broad SMARTS) is 1. The Balaban J connectivity index is 2.24. The number of carboxylic acids is 1. The highest BCUT2D eigenvalue weighted by Crippen LogP contribution is 2.45. The Kier molecular flexibility index (Phi) is 4.64. The maximum atomic E-state index is 11.7. The zero-order valence-corrected chi connectivity index (χ0v) is 16.7. The summed E-state index contributed by atoms with van der Waals surface area (Å²) in [6.45, 7) is 8.58. The number of carbonyl (C=O) groups is 1. The fraction of sp³-hybridized carbons (Fsp3) is 0.400. The maximum absolute atomic E-state index is 11.7. The molecule has 1 aliphatic heterocycles. The van der Waals surface area contributed by atoms with E-state index in [1.807, 2.05) is 26.0 Å². The van der Waals surface area contributed by atoms with E-state index in [0.717, 1.165) is 33.3 Å². The van der Waals surface area contributed by atoms with Gasteiger partial charge in [0.05, 0.1) is 16.7 Å². The van der Waals surface area contributed by atoms with E-state index >= 15 is 0 Å². The van der Waals surface area contributed by atoms with Crippen molar-refractivity contribution in [1.29, 1.82) is 0 Å². The van der Waals surface area contributed by atoms with E-state index in [1.54, 1.807) is 0 Å². The Bertz CT molecular complexity index is 1100. The minimum absolute atomic E-state index is 0.0964. The number of aliphatic carboxylic acids is 1. The van der Waals surface area contributed by atoms with E-state index in [2.05, 4.69) is 18.4 Å². The van der Waals surface area contributed by atoms with Gasteiger partial charge in [0.15, 0.2) is 5.71 Å². The number of nitrogens with zero attached hydrogens (tertiary/aromatic N) is 1. The minimum atomic E-state index is -4.31. The fourth-order valence-electron chi connectivity index (χ4n) is 3.98. The molecule has 7 heteroatoms. The molecule has 0 amide bonds. The van der Waals surface area contributed by atoms with Crippen molar-refractivity contribution in [1.82, 2.24) is 0 Å². The van der Waals surface area contributed by atoms with Gasteiger partial charge in [0.1, 0.15) is 6.54 Å². The van der Waals surface area contributed by atoms with Crippen LogP contribution < -0.4 is 0 Å². The van der Waals surface area contributed by atoms with E-state index in [1.165, 1.54) is 12.1 Å². The van der Waals surface area contributed by atoms with Gasteiger partial charge in [0.2, 0.25) is 5.69 Å². The molecular weight excluding hydrogens is 366 g/mol. The molecule has 1 aliphatic rings. The maximum Gasteiger partial charge on any atom is 0.303 e. The van der Waals surface area contributed by atoms with E-state index < -0.39 is 16.1 Å². The Hall–Kier alpha value is -2.25. The van der Waals surface area contributed by atoms with Gasteiger partial charge in [-0.25, -0.2) is 0 Å². The molecule has 1 heterocycles. The second kappa shape index (κ2) is 6.42. The molecule has 3 rings (SSSR count). The van der Waals surface area contributed by atoms with Gasteiger partial charge >= 0.3 is 5.97 Å². The Morgan fingerprint density at radius 3 is 2.41 bits per heavy atom. The fourth-order valence-corrected chi connectivity index (χ4v) is 4.58. The van der Waals surface area contributed by atoms with E-state index in [4.69, 9.17) is 5.11 Å². The third-order valence-corrected chi connectivity index (χ3v) is 6.42. The highest BCUT2D eigenvalue weighted by molar-refractivity contribution is 7.85. The van der Waals surface area contributed by atoms with Crippen molar-refractivity contribution in [2.75, 3.05) is 6.54 Å². The lowest BCUT2D eigenvalue weighted by molar-refractivity contribution is -0.439. The first-order valence-corrected chi connectivity index (χ1v) is 10.3. The van der Waals surface area contributed by atoms with Crippen LogP contribution in [0, 0.1) is 6.92 Å². The standard InChI is InChI=1S/C20H23NO5S/c1-12-10-14(27(24,25)26)11-16-15(12)7-8-17-19(16)20(3,4)13(2)21(17)9-5-6-18(22)23/h7-8,10-11H,5-6,9H2,1-4H3,(H-,22,23,24,25,26)/p+1. The molecule has 0 saturated carbocycles. The van der Waals surface area contributed by atoms with Crippen LogP contribution in [-0.2, 0) is 20.3 Å². The molecular formula is C20H24NO5S+. The van der Waals surface area contributed by atoms with Crippen molar-refractivity contribution in [2.45, 2.75) is 50.8 Å². The van der Waals surface area contributed by atoms with Crippen molar-refractivity contribution in [3.05, 3.63) is 35.4 Å². The molecule has 0 bridgehead atoms. The summed E-state index contributed by atoms with van der Waals surface area (Å²) in [7, 11) is -4.31. The molecule has 2 aromatic rings. The molecule has 0 aliphatic carbocycles. The number of aryl methyl sites for hydroxylation is 1. The van der Waals surface area contributed by atoms with Crippen molar-refractivity contribution >= 4 is 38.3 Å². The summed E-state index contributed by atoms with van der Waals surface area (Å²) in [5.41, 5.74) is 3.48. The lowest BCUT2D eigenvalue weighted by atomic mass is 9.79. The molecule has 2 aromatic carbocycles. The number of rotatable bonds is 5. The first-order chi connectivity index (χ1) is 12.4. The SMILES string of the molecule is CC1=[N+](CCCC(=O)O)c2ccc3c(C)cc(S(=O)(=O)O)cc3c2C1(C)C. The highest BCUT2D eigenvalue weighted by Gasteiger charge is 2.44. The van der Waals surface area contributed by atoms with Gasteiger partial charge in [0.25, 0.3) is 10.1 Å². The molecule has 0 atom stereocenters. The molecule has 0 aromatic heterocycles. The highest BCUT2D eigenvalue weighted by atomic mass is 32.2. The average molecular weight is 390 g/mol. The van der Waals surface area contributed by atoms with Gasteiger partial charge in [-0.1, -0.05) is 0 Å². The summed E-state index contributed by atoms with van der Waals surface area (Å²) in [5.74, 6) is -0.821. The van der Waals surface area contributed by atoms with Crippen LogP contribution in [0.4, 0.5) is 5.69 Å². The summed E-state index contributed by atoms with van der Waals surface area (Å²) >= 11 is 0. The first-order valence-electron chi connectivity index (χ1n) is 8.83. The van der Waals surface area contributed by atoms with Gasteiger partial charge in [-0.15, -0.1) is 0 Å². The van der Waals surface area contributed by atoms with Crippen LogP contribution in [0.25, 0.3) is 10.8 Å². The van der Waals surface area contributed by atoms with Crippen LogP contribution in [0.5, 0.6) is 0 Å². The Morgan fingerprint density at radius 1 is 1.15 bits per heavy atom. The average Bonchev–Trinajstić information content (AvgIpc) is 2.74. The van der Waals surface area contributed by atoms with Crippen molar-refractivity contribution in [3.8, 4) is 0 Å². The van der Waals surface area contributed by atoms with Crippen LogP contribution in [0.3, 0.4) is 0 Å². The molecule has 0 fully saturated rings. The van der Waals surface area contributed by atoms with Gasteiger partial charge in [-0.3, -0.25) is 9.35 Å². The lowest BCUT2D eigenvalue weighted by Crippen LogP contribution is -2.27. The molecule has 0 radical (unpaired) electrons. The van der Waals surface area contributed by atoms with E-state index in [0.29, 0.717) is 13.0 Å².